The molecule has 1 aromatic heterocycles. The molecular weight excluding hydrogens is 380 g/mol. The number of fused-ring (bicyclic) bond motifs is 1. The van der Waals surface area contributed by atoms with Gasteiger partial charge in [-0.3, -0.25) is 19.5 Å². The van der Waals surface area contributed by atoms with Gasteiger partial charge in [-0.15, -0.1) is 6.58 Å². The van der Waals surface area contributed by atoms with Crippen molar-refractivity contribution in [1.29, 1.82) is 0 Å². The molecule has 1 spiro atoms. The second-order valence-electron chi connectivity index (χ2n) is 8.79. The van der Waals surface area contributed by atoms with Crippen molar-refractivity contribution in [2.45, 2.75) is 49.8 Å². The van der Waals surface area contributed by atoms with Crippen LogP contribution in [0.2, 0.25) is 0 Å². The third kappa shape index (κ3) is 2.85. The van der Waals surface area contributed by atoms with Crippen molar-refractivity contribution in [3.05, 3.63) is 54.7 Å². The van der Waals surface area contributed by atoms with Crippen LogP contribution in [0, 0.1) is 11.8 Å². The number of rotatable bonds is 7. The van der Waals surface area contributed by atoms with Gasteiger partial charge in [-0.2, -0.15) is 0 Å². The van der Waals surface area contributed by atoms with Gasteiger partial charge in [0.05, 0.1) is 24.4 Å². The average Bonchev–Trinajstić information content (AvgIpc) is 2.93. The number of allylic oxidation sites excluding steroid dienone is 1. The Kier molecular flexibility index (Phi) is 4.62. The third-order valence-electron chi connectivity index (χ3n) is 7.46. The number of nitrogens with zero attached hydrogens (tertiary/aromatic N) is 2. The number of benzene rings is 1. The lowest BCUT2D eigenvalue weighted by atomic mass is 9.53. The van der Waals surface area contributed by atoms with Gasteiger partial charge in [0.2, 0.25) is 0 Å². The smallest absolute Gasteiger partial charge is 0.307 e. The van der Waals surface area contributed by atoms with E-state index in [1.54, 1.807) is 6.20 Å². The Labute approximate surface area is 175 Å². The zero-order valence-electron chi connectivity index (χ0n) is 16.9. The van der Waals surface area contributed by atoms with E-state index in [4.69, 9.17) is 9.84 Å². The molecule has 0 amide bonds. The molecular formula is C24H26N2O4. The molecule has 1 aliphatic carbocycles. The van der Waals surface area contributed by atoms with Gasteiger partial charge in [-0.1, -0.05) is 24.3 Å². The molecule has 3 heterocycles. The lowest BCUT2D eigenvalue weighted by Crippen LogP contribution is -2.72. The van der Waals surface area contributed by atoms with Crippen molar-refractivity contribution in [2.24, 2.45) is 11.8 Å². The Hall–Kier alpha value is -2.73. The first-order valence-electron chi connectivity index (χ1n) is 10.7. The maximum atomic E-state index is 12.5. The molecule has 6 nitrogen and oxygen atoms in total. The van der Waals surface area contributed by atoms with E-state index in [0.717, 1.165) is 42.3 Å². The molecule has 5 rings (SSSR count). The van der Waals surface area contributed by atoms with Crippen molar-refractivity contribution in [3.63, 3.8) is 0 Å². The molecule has 1 N–H and O–H groups in total. The Balaban J connectivity index is 1.45. The van der Waals surface area contributed by atoms with Crippen molar-refractivity contribution in [2.75, 3.05) is 6.54 Å². The summed E-state index contributed by atoms with van der Waals surface area (Å²) in [6.45, 7) is 5.00. The van der Waals surface area contributed by atoms with E-state index in [0.29, 0.717) is 11.8 Å². The molecule has 3 fully saturated rings. The molecule has 2 aliphatic heterocycles. The molecule has 0 radical (unpaired) electrons. The van der Waals surface area contributed by atoms with Crippen LogP contribution < -0.4 is 0 Å². The fraction of sp³-hybridized carbons (Fsp3) is 0.458. The molecule has 30 heavy (non-hydrogen) atoms. The molecule has 2 aromatic rings. The molecule has 1 aromatic carbocycles. The Morgan fingerprint density at radius 1 is 1.30 bits per heavy atom. The fourth-order valence-electron chi connectivity index (χ4n) is 6.10. The summed E-state index contributed by atoms with van der Waals surface area (Å²) in [5.41, 5.74) is 2.05. The summed E-state index contributed by atoms with van der Waals surface area (Å²) in [6, 6.07) is 9.92. The van der Waals surface area contributed by atoms with Crippen molar-refractivity contribution in [3.8, 4) is 0 Å². The van der Waals surface area contributed by atoms with Crippen LogP contribution in [-0.4, -0.2) is 45.1 Å². The summed E-state index contributed by atoms with van der Waals surface area (Å²) in [4.78, 5) is 30.4. The number of hydrogen-bond donors (Lipinski definition) is 1. The third-order valence-corrected chi connectivity index (χ3v) is 7.46. The lowest BCUT2D eigenvalue weighted by Gasteiger charge is -2.66. The quantitative estimate of drug-likeness (QED) is 0.558. The van der Waals surface area contributed by atoms with E-state index in [1.165, 1.54) is 0 Å². The summed E-state index contributed by atoms with van der Waals surface area (Å²) in [5, 5.41) is 9.91. The lowest BCUT2D eigenvalue weighted by molar-refractivity contribution is -0.187. The van der Waals surface area contributed by atoms with E-state index >= 15 is 0 Å². The molecule has 156 valence electrons. The molecule has 5 atom stereocenters. The van der Waals surface area contributed by atoms with E-state index in [2.05, 4.69) is 22.5 Å². The molecule has 3 aliphatic rings. The molecule has 6 heteroatoms. The van der Waals surface area contributed by atoms with Gasteiger partial charge in [0, 0.05) is 22.7 Å². The number of carbonyl (C=O) groups is 2. The number of pyridine rings is 1. The average molecular weight is 406 g/mol. The van der Waals surface area contributed by atoms with Crippen LogP contribution in [0.25, 0.3) is 10.9 Å². The Morgan fingerprint density at radius 2 is 2.13 bits per heavy atom. The molecule has 0 bridgehead atoms. The molecule has 1 saturated carbocycles. The van der Waals surface area contributed by atoms with Gasteiger partial charge in [-0.25, -0.2) is 0 Å². The Morgan fingerprint density at radius 3 is 2.93 bits per heavy atom. The standard InChI is InChI=1S/C24H26N2O4/c1-2-15-13-24-14-20(26(24)12-10-18(15)24)23(30-22(29)8-7-21(27)28)17-9-11-25-19-6-4-3-5-16(17)19/h2-6,9,11,15,18,20,23H,1,7-8,10,12-14H2,(H,27,28). The van der Waals surface area contributed by atoms with E-state index in [1.807, 2.05) is 30.3 Å². The highest BCUT2D eigenvalue weighted by molar-refractivity contribution is 5.83. The number of para-hydroxylation sites is 1. The first-order chi connectivity index (χ1) is 14.5. The highest BCUT2D eigenvalue weighted by Gasteiger charge is 2.68. The second kappa shape index (κ2) is 7.20. The van der Waals surface area contributed by atoms with Crippen LogP contribution in [0.5, 0.6) is 0 Å². The zero-order chi connectivity index (χ0) is 20.9. The van der Waals surface area contributed by atoms with E-state index in [9.17, 15) is 9.59 Å². The minimum Gasteiger partial charge on any atom is -0.481 e. The van der Waals surface area contributed by atoms with Crippen molar-refractivity contribution >= 4 is 22.8 Å². The minimum absolute atomic E-state index is 0.111. The number of carboxylic acid groups (broad SMARTS) is 1. The first-order valence-corrected chi connectivity index (χ1v) is 10.7. The largest absolute Gasteiger partial charge is 0.481 e. The van der Waals surface area contributed by atoms with Gasteiger partial charge < -0.3 is 9.84 Å². The fourth-order valence-corrected chi connectivity index (χ4v) is 6.10. The minimum atomic E-state index is -0.993. The number of hydrogen-bond acceptors (Lipinski definition) is 5. The van der Waals surface area contributed by atoms with E-state index in [-0.39, 0.29) is 24.4 Å². The Bertz CT molecular complexity index is 1020. The maximum Gasteiger partial charge on any atom is 0.307 e. The number of carbonyl (C=O) groups excluding carboxylic acids is 1. The van der Waals surface area contributed by atoms with Gasteiger partial charge in [-0.05, 0) is 49.8 Å². The monoisotopic (exact) mass is 406 g/mol. The van der Waals surface area contributed by atoms with Crippen molar-refractivity contribution in [1.82, 2.24) is 9.88 Å². The number of carboxylic acids is 1. The summed E-state index contributed by atoms with van der Waals surface area (Å²) in [5.74, 6) is -0.205. The van der Waals surface area contributed by atoms with Crippen LogP contribution in [-0.2, 0) is 14.3 Å². The summed E-state index contributed by atoms with van der Waals surface area (Å²) in [6.07, 6.45) is 6.37. The highest BCUT2D eigenvalue weighted by Crippen LogP contribution is 2.65. The van der Waals surface area contributed by atoms with Crippen LogP contribution in [0.3, 0.4) is 0 Å². The van der Waals surface area contributed by atoms with Crippen LogP contribution in [0.4, 0.5) is 0 Å². The summed E-state index contributed by atoms with van der Waals surface area (Å²) in [7, 11) is 0. The number of aliphatic carboxylic acids is 1. The van der Waals surface area contributed by atoms with Gasteiger partial charge in [0.25, 0.3) is 0 Å². The van der Waals surface area contributed by atoms with Crippen LogP contribution in [0.15, 0.2) is 49.2 Å². The molecule has 2 saturated heterocycles. The SMILES string of the molecule is C=CC1CC23CC(C(OC(=O)CCC(=O)O)c4ccnc5ccccc45)N2CCC13. The number of esters is 1. The van der Waals surface area contributed by atoms with Gasteiger partial charge in [0.1, 0.15) is 6.10 Å². The number of ether oxygens (including phenoxy) is 1. The first kappa shape index (κ1) is 19.2. The van der Waals surface area contributed by atoms with Crippen molar-refractivity contribution < 1.29 is 19.4 Å². The second-order valence-corrected chi connectivity index (χ2v) is 8.79. The normalized spacial score (nSPS) is 30.5. The highest BCUT2D eigenvalue weighted by atomic mass is 16.5. The topological polar surface area (TPSA) is 79.7 Å². The predicted octanol–water partition coefficient (Wildman–Crippen LogP) is 3.72. The van der Waals surface area contributed by atoms with Gasteiger partial charge in [0.15, 0.2) is 0 Å². The predicted molar refractivity (Wildman–Crippen MR) is 112 cm³/mol. The zero-order valence-corrected chi connectivity index (χ0v) is 16.9. The maximum absolute atomic E-state index is 12.5. The van der Waals surface area contributed by atoms with Gasteiger partial charge >= 0.3 is 11.9 Å². The molecule has 5 unspecified atom stereocenters. The van der Waals surface area contributed by atoms with E-state index < -0.39 is 18.0 Å². The van der Waals surface area contributed by atoms with Crippen LogP contribution >= 0.6 is 0 Å². The summed E-state index contributed by atoms with van der Waals surface area (Å²) < 4.78 is 5.97. The summed E-state index contributed by atoms with van der Waals surface area (Å²) >= 11 is 0. The van der Waals surface area contributed by atoms with Crippen LogP contribution in [0.1, 0.15) is 43.8 Å². The number of aromatic nitrogens is 1.